The Morgan fingerprint density at radius 1 is 1.55 bits per heavy atom. The summed E-state index contributed by atoms with van der Waals surface area (Å²) in [5.41, 5.74) is 1.55. The summed E-state index contributed by atoms with van der Waals surface area (Å²) in [6, 6.07) is 7.59. The van der Waals surface area contributed by atoms with E-state index in [4.69, 9.17) is 21.2 Å². The van der Waals surface area contributed by atoms with Crippen LogP contribution in [0.2, 0.25) is 5.02 Å². The molecule has 0 amide bonds. The van der Waals surface area contributed by atoms with Crippen LogP contribution in [-0.4, -0.2) is 24.4 Å². The lowest BCUT2D eigenvalue weighted by Crippen LogP contribution is -2.27. The van der Waals surface area contributed by atoms with E-state index in [1.807, 2.05) is 24.3 Å². The van der Waals surface area contributed by atoms with Gasteiger partial charge < -0.3 is 9.57 Å². The fraction of sp³-hybridized carbons (Fsp3) is 0.467. The molecule has 0 bridgehead atoms. The minimum atomic E-state index is -0.337. The molecule has 1 saturated carbocycles. The number of hydrogen-bond acceptors (Lipinski definition) is 4. The van der Waals surface area contributed by atoms with Gasteiger partial charge in [-0.3, -0.25) is 4.79 Å². The van der Waals surface area contributed by atoms with Gasteiger partial charge in [0.05, 0.1) is 18.7 Å². The van der Waals surface area contributed by atoms with E-state index in [0.717, 1.165) is 30.5 Å². The summed E-state index contributed by atoms with van der Waals surface area (Å²) in [4.78, 5) is 17.3. The van der Waals surface area contributed by atoms with Crippen molar-refractivity contribution in [3.05, 3.63) is 34.9 Å². The van der Waals surface area contributed by atoms with Crippen LogP contribution < -0.4 is 0 Å². The predicted molar refractivity (Wildman–Crippen MR) is 75.8 cm³/mol. The zero-order valence-electron chi connectivity index (χ0n) is 11.3. The third-order valence-electron chi connectivity index (χ3n) is 4.10. The molecular formula is C15H16ClNO3. The molecular weight excluding hydrogens is 278 g/mol. The summed E-state index contributed by atoms with van der Waals surface area (Å²) in [5.74, 6) is -0.226. The van der Waals surface area contributed by atoms with Crippen LogP contribution in [0.5, 0.6) is 0 Å². The molecule has 0 unspecified atom stereocenters. The molecule has 0 radical (unpaired) electrons. The van der Waals surface area contributed by atoms with Gasteiger partial charge in [-0.1, -0.05) is 28.9 Å². The number of carbonyl (C=O) groups excluding carboxylic acids is 1. The van der Waals surface area contributed by atoms with Crippen molar-refractivity contribution in [2.75, 3.05) is 7.11 Å². The number of benzene rings is 1. The van der Waals surface area contributed by atoms with Gasteiger partial charge in [0, 0.05) is 23.4 Å². The Bertz CT molecular complexity index is 572. The van der Waals surface area contributed by atoms with Crippen LogP contribution in [0.15, 0.2) is 29.4 Å². The number of halogens is 1. The van der Waals surface area contributed by atoms with Gasteiger partial charge in [-0.05, 0) is 25.0 Å². The smallest absolute Gasteiger partial charge is 0.308 e. The van der Waals surface area contributed by atoms with Crippen molar-refractivity contribution < 1.29 is 14.4 Å². The van der Waals surface area contributed by atoms with Crippen molar-refractivity contribution in [2.24, 2.45) is 11.1 Å². The van der Waals surface area contributed by atoms with Gasteiger partial charge >= 0.3 is 5.97 Å². The third-order valence-corrected chi connectivity index (χ3v) is 4.33. The Morgan fingerprint density at radius 3 is 3.15 bits per heavy atom. The normalized spacial score (nSPS) is 28.3. The fourth-order valence-corrected chi connectivity index (χ4v) is 3.24. The van der Waals surface area contributed by atoms with Crippen LogP contribution >= 0.6 is 11.6 Å². The molecule has 0 N–H and O–H groups in total. The number of nitrogens with zero attached hydrogens (tertiary/aromatic N) is 1. The van der Waals surface area contributed by atoms with E-state index in [2.05, 4.69) is 5.16 Å². The lowest BCUT2D eigenvalue weighted by atomic mass is 9.92. The Morgan fingerprint density at radius 2 is 2.40 bits per heavy atom. The summed E-state index contributed by atoms with van der Waals surface area (Å²) in [6.07, 6.45) is 3.03. The highest BCUT2D eigenvalue weighted by atomic mass is 35.5. The summed E-state index contributed by atoms with van der Waals surface area (Å²) in [7, 11) is 1.43. The molecule has 1 aromatic rings. The Hall–Kier alpha value is -1.55. The van der Waals surface area contributed by atoms with Crippen LogP contribution in [0, 0.1) is 5.92 Å². The highest BCUT2D eigenvalue weighted by Crippen LogP contribution is 2.44. The SMILES string of the molecule is COC(=O)[C@H]1CC[C@@]2(CC(c3cccc(Cl)c3)=NO2)C1. The van der Waals surface area contributed by atoms with Crippen molar-refractivity contribution in [1.29, 1.82) is 0 Å². The molecule has 2 aliphatic rings. The second kappa shape index (κ2) is 5.09. The predicted octanol–water partition coefficient (Wildman–Crippen LogP) is 3.18. The molecule has 4 nitrogen and oxygen atoms in total. The molecule has 1 heterocycles. The first-order valence-electron chi connectivity index (χ1n) is 6.71. The van der Waals surface area contributed by atoms with Gasteiger partial charge in [0.2, 0.25) is 0 Å². The van der Waals surface area contributed by atoms with Gasteiger partial charge in [0.1, 0.15) is 5.60 Å². The van der Waals surface area contributed by atoms with Crippen molar-refractivity contribution >= 4 is 23.3 Å². The van der Waals surface area contributed by atoms with Crippen LogP contribution in [0.4, 0.5) is 0 Å². The number of ether oxygens (including phenoxy) is 1. The second-order valence-corrected chi connectivity index (χ2v) is 5.90. The number of rotatable bonds is 2. The summed E-state index contributed by atoms with van der Waals surface area (Å²) in [6.45, 7) is 0. The summed E-state index contributed by atoms with van der Waals surface area (Å²) < 4.78 is 4.81. The van der Waals surface area contributed by atoms with E-state index in [1.54, 1.807) is 0 Å². The standard InChI is InChI=1S/C15H16ClNO3/c1-19-14(18)11-5-6-15(8-11)9-13(17-20-15)10-3-2-4-12(16)7-10/h2-4,7,11H,5-6,8-9H2,1H3/t11-,15-/m0/s1. The van der Waals surface area contributed by atoms with Crippen LogP contribution in [0.3, 0.4) is 0 Å². The zero-order chi connectivity index (χ0) is 14.2. The maximum Gasteiger partial charge on any atom is 0.308 e. The quantitative estimate of drug-likeness (QED) is 0.787. The van der Waals surface area contributed by atoms with Crippen molar-refractivity contribution in [1.82, 2.24) is 0 Å². The monoisotopic (exact) mass is 293 g/mol. The topological polar surface area (TPSA) is 47.9 Å². The molecule has 2 atom stereocenters. The minimum absolute atomic E-state index is 0.0751. The lowest BCUT2D eigenvalue weighted by Gasteiger charge is -2.20. The summed E-state index contributed by atoms with van der Waals surface area (Å²) in [5, 5.41) is 4.89. The molecule has 1 aliphatic carbocycles. The molecule has 1 fully saturated rings. The Balaban J connectivity index is 1.72. The highest BCUT2D eigenvalue weighted by Gasteiger charge is 2.48. The van der Waals surface area contributed by atoms with E-state index < -0.39 is 0 Å². The average Bonchev–Trinajstić information content (AvgIpc) is 3.06. The molecule has 106 valence electrons. The number of oxime groups is 1. The maximum absolute atomic E-state index is 11.6. The minimum Gasteiger partial charge on any atom is -0.469 e. The van der Waals surface area contributed by atoms with Crippen molar-refractivity contribution in [3.8, 4) is 0 Å². The summed E-state index contributed by atoms with van der Waals surface area (Å²) >= 11 is 6.00. The van der Waals surface area contributed by atoms with Crippen molar-refractivity contribution in [2.45, 2.75) is 31.3 Å². The zero-order valence-corrected chi connectivity index (χ0v) is 12.0. The molecule has 5 heteroatoms. The number of methoxy groups -OCH3 is 1. The molecule has 1 aromatic carbocycles. The Labute approximate surface area is 122 Å². The molecule has 1 spiro atoms. The van der Waals surface area contributed by atoms with E-state index in [1.165, 1.54) is 7.11 Å². The first-order valence-corrected chi connectivity index (χ1v) is 7.08. The molecule has 0 saturated heterocycles. The van der Waals surface area contributed by atoms with Gasteiger partial charge in [-0.2, -0.15) is 0 Å². The first kappa shape index (κ1) is 13.4. The number of hydrogen-bond donors (Lipinski definition) is 0. The number of esters is 1. The van der Waals surface area contributed by atoms with E-state index in [-0.39, 0.29) is 17.5 Å². The van der Waals surface area contributed by atoms with Crippen LogP contribution in [0.25, 0.3) is 0 Å². The Kier molecular flexibility index (Phi) is 3.42. The lowest BCUT2D eigenvalue weighted by molar-refractivity contribution is -0.146. The molecule has 20 heavy (non-hydrogen) atoms. The van der Waals surface area contributed by atoms with Gasteiger partial charge in [-0.15, -0.1) is 0 Å². The maximum atomic E-state index is 11.6. The fourth-order valence-electron chi connectivity index (χ4n) is 3.05. The van der Waals surface area contributed by atoms with E-state index in [0.29, 0.717) is 11.4 Å². The number of carbonyl (C=O) groups is 1. The van der Waals surface area contributed by atoms with E-state index in [9.17, 15) is 4.79 Å². The largest absolute Gasteiger partial charge is 0.469 e. The van der Waals surface area contributed by atoms with Gasteiger partial charge in [-0.25, -0.2) is 0 Å². The van der Waals surface area contributed by atoms with Crippen molar-refractivity contribution in [3.63, 3.8) is 0 Å². The van der Waals surface area contributed by atoms with E-state index >= 15 is 0 Å². The molecule has 3 rings (SSSR count). The molecule has 0 aromatic heterocycles. The van der Waals surface area contributed by atoms with Crippen LogP contribution in [-0.2, 0) is 14.4 Å². The van der Waals surface area contributed by atoms with Crippen LogP contribution in [0.1, 0.15) is 31.2 Å². The third kappa shape index (κ3) is 2.40. The first-order chi connectivity index (χ1) is 9.62. The van der Waals surface area contributed by atoms with Gasteiger partial charge in [0.25, 0.3) is 0 Å². The highest BCUT2D eigenvalue weighted by molar-refractivity contribution is 6.31. The van der Waals surface area contributed by atoms with Gasteiger partial charge in [0.15, 0.2) is 0 Å². The average molecular weight is 294 g/mol. The second-order valence-electron chi connectivity index (χ2n) is 5.46. The molecule has 1 aliphatic heterocycles.